The van der Waals surface area contributed by atoms with Crippen molar-refractivity contribution in [2.75, 3.05) is 20.6 Å². The Bertz CT molecular complexity index is 495. The molecule has 0 bridgehead atoms. The average molecular weight is 289 g/mol. The average Bonchev–Trinajstić information content (AvgIpc) is 3.31. The van der Waals surface area contributed by atoms with Gasteiger partial charge in [0.1, 0.15) is 0 Å². The summed E-state index contributed by atoms with van der Waals surface area (Å²) in [7, 11) is 3.42. The quantitative estimate of drug-likeness (QED) is 0.791. The fraction of sp³-hybridized carbons (Fsp3) is 0.500. The van der Waals surface area contributed by atoms with Crippen LogP contribution in [-0.4, -0.2) is 43.4 Å². The van der Waals surface area contributed by atoms with E-state index in [-0.39, 0.29) is 11.8 Å². The molecular formula is C16H23N3O2. The Labute approximate surface area is 125 Å². The molecule has 5 heteroatoms. The Hall–Kier alpha value is -1.88. The molecule has 2 amide bonds. The molecule has 0 heterocycles. The zero-order chi connectivity index (χ0) is 15.2. The van der Waals surface area contributed by atoms with Crippen molar-refractivity contribution in [1.29, 1.82) is 0 Å². The Kier molecular flexibility index (Phi) is 5.33. The van der Waals surface area contributed by atoms with E-state index >= 15 is 0 Å². The third-order valence-corrected chi connectivity index (χ3v) is 3.64. The molecule has 2 rings (SSSR count). The summed E-state index contributed by atoms with van der Waals surface area (Å²) < 4.78 is 0. The van der Waals surface area contributed by atoms with Gasteiger partial charge in [-0.05, 0) is 30.5 Å². The predicted molar refractivity (Wildman–Crippen MR) is 81.9 cm³/mol. The van der Waals surface area contributed by atoms with Crippen molar-refractivity contribution in [2.45, 2.75) is 31.8 Å². The van der Waals surface area contributed by atoms with Gasteiger partial charge in [0, 0.05) is 45.2 Å². The fourth-order valence-electron chi connectivity index (χ4n) is 2.13. The first-order valence-corrected chi connectivity index (χ1v) is 7.38. The number of carbonyl (C=O) groups is 2. The number of amides is 2. The molecular weight excluding hydrogens is 266 g/mol. The van der Waals surface area contributed by atoms with E-state index in [0.717, 1.165) is 12.1 Å². The van der Waals surface area contributed by atoms with Gasteiger partial charge in [-0.1, -0.05) is 12.1 Å². The van der Waals surface area contributed by atoms with Gasteiger partial charge in [-0.25, -0.2) is 0 Å². The molecule has 0 radical (unpaired) electrons. The smallest absolute Gasteiger partial charge is 0.251 e. The summed E-state index contributed by atoms with van der Waals surface area (Å²) in [4.78, 5) is 25.2. The van der Waals surface area contributed by atoms with Crippen LogP contribution in [0.2, 0.25) is 0 Å². The Balaban J connectivity index is 1.78. The highest BCUT2D eigenvalue weighted by Crippen LogP contribution is 2.18. The second kappa shape index (κ2) is 7.22. The lowest BCUT2D eigenvalue weighted by Gasteiger charge is -2.17. The number of hydrogen-bond acceptors (Lipinski definition) is 3. The summed E-state index contributed by atoms with van der Waals surface area (Å²) in [6.45, 7) is 1.32. The lowest BCUT2D eigenvalue weighted by Crippen LogP contribution is -2.30. The molecule has 1 fully saturated rings. The van der Waals surface area contributed by atoms with Crippen molar-refractivity contribution in [1.82, 2.24) is 15.5 Å². The van der Waals surface area contributed by atoms with Crippen LogP contribution in [0, 0.1) is 0 Å². The first-order chi connectivity index (χ1) is 10.1. The highest BCUT2D eigenvalue weighted by molar-refractivity contribution is 5.93. The van der Waals surface area contributed by atoms with Crippen molar-refractivity contribution < 1.29 is 9.59 Å². The molecule has 5 nitrogen and oxygen atoms in total. The zero-order valence-corrected chi connectivity index (χ0v) is 12.7. The van der Waals surface area contributed by atoms with Gasteiger partial charge in [-0.15, -0.1) is 0 Å². The predicted octanol–water partition coefficient (Wildman–Crippen LogP) is 1.15. The Morgan fingerprint density at radius 1 is 1.24 bits per heavy atom. The van der Waals surface area contributed by atoms with Gasteiger partial charge in [0.25, 0.3) is 5.91 Å². The largest absolute Gasteiger partial charge is 0.355 e. The molecule has 0 aliphatic heterocycles. The maximum atomic E-state index is 12.0. The van der Waals surface area contributed by atoms with Gasteiger partial charge < -0.3 is 15.5 Å². The molecule has 0 atom stereocenters. The summed E-state index contributed by atoms with van der Waals surface area (Å²) in [5.74, 6) is 0.0376. The summed E-state index contributed by atoms with van der Waals surface area (Å²) >= 11 is 0. The first-order valence-electron chi connectivity index (χ1n) is 7.38. The molecule has 1 aliphatic carbocycles. The highest BCUT2D eigenvalue weighted by atomic mass is 16.2. The number of nitrogens with one attached hydrogen (secondary N) is 2. The summed E-state index contributed by atoms with van der Waals surface area (Å²) in [5.41, 5.74) is 1.65. The van der Waals surface area contributed by atoms with Crippen LogP contribution < -0.4 is 10.6 Å². The molecule has 1 aromatic rings. The minimum absolute atomic E-state index is 0.0999. The van der Waals surface area contributed by atoms with E-state index in [1.165, 1.54) is 12.8 Å². The van der Waals surface area contributed by atoms with E-state index in [0.29, 0.717) is 24.6 Å². The van der Waals surface area contributed by atoms with Gasteiger partial charge >= 0.3 is 0 Å². The standard InChI is InChI=1S/C16H23N3O2/c1-17-16(21)13-5-3-12(4-6-13)11-19(2)15(20)9-10-18-14-7-8-14/h3-6,14,18H,7-11H2,1-2H3,(H,17,21). The van der Waals surface area contributed by atoms with Crippen LogP contribution in [0.4, 0.5) is 0 Å². The first kappa shape index (κ1) is 15.5. The fourth-order valence-corrected chi connectivity index (χ4v) is 2.13. The monoisotopic (exact) mass is 289 g/mol. The minimum atomic E-state index is -0.0999. The number of hydrogen-bond donors (Lipinski definition) is 2. The normalized spacial score (nSPS) is 13.8. The Morgan fingerprint density at radius 2 is 1.90 bits per heavy atom. The van der Waals surface area contributed by atoms with E-state index < -0.39 is 0 Å². The third kappa shape index (κ3) is 4.86. The van der Waals surface area contributed by atoms with Crippen molar-refractivity contribution in [3.63, 3.8) is 0 Å². The SMILES string of the molecule is CNC(=O)c1ccc(CN(C)C(=O)CCNC2CC2)cc1. The highest BCUT2D eigenvalue weighted by Gasteiger charge is 2.20. The van der Waals surface area contributed by atoms with E-state index in [1.807, 2.05) is 19.2 Å². The van der Waals surface area contributed by atoms with E-state index in [1.54, 1.807) is 24.1 Å². The van der Waals surface area contributed by atoms with Crippen molar-refractivity contribution >= 4 is 11.8 Å². The summed E-state index contributed by atoms with van der Waals surface area (Å²) in [6.07, 6.45) is 3.01. The molecule has 0 unspecified atom stereocenters. The molecule has 1 aliphatic rings. The van der Waals surface area contributed by atoms with Crippen LogP contribution in [-0.2, 0) is 11.3 Å². The van der Waals surface area contributed by atoms with Crippen LogP contribution in [0.25, 0.3) is 0 Å². The van der Waals surface area contributed by atoms with Crippen LogP contribution in [0.3, 0.4) is 0 Å². The van der Waals surface area contributed by atoms with E-state index in [4.69, 9.17) is 0 Å². The minimum Gasteiger partial charge on any atom is -0.355 e. The van der Waals surface area contributed by atoms with Crippen LogP contribution in [0.1, 0.15) is 35.2 Å². The van der Waals surface area contributed by atoms with Crippen LogP contribution in [0.15, 0.2) is 24.3 Å². The lowest BCUT2D eigenvalue weighted by atomic mass is 10.1. The van der Waals surface area contributed by atoms with Gasteiger partial charge in [-0.3, -0.25) is 9.59 Å². The lowest BCUT2D eigenvalue weighted by molar-refractivity contribution is -0.130. The molecule has 0 saturated heterocycles. The number of rotatable bonds is 7. The number of carbonyl (C=O) groups excluding carboxylic acids is 2. The summed E-state index contributed by atoms with van der Waals surface area (Å²) in [6, 6.07) is 7.97. The van der Waals surface area contributed by atoms with Gasteiger partial charge in [-0.2, -0.15) is 0 Å². The van der Waals surface area contributed by atoms with Crippen molar-refractivity contribution in [3.8, 4) is 0 Å². The molecule has 21 heavy (non-hydrogen) atoms. The molecule has 1 aromatic carbocycles. The molecule has 114 valence electrons. The number of nitrogens with zero attached hydrogens (tertiary/aromatic N) is 1. The van der Waals surface area contributed by atoms with E-state index in [9.17, 15) is 9.59 Å². The van der Waals surface area contributed by atoms with E-state index in [2.05, 4.69) is 10.6 Å². The molecule has 1 saturated carbocycles. The summed E-state index contributed by atoms with van der Waals surface area (Å²) in [5, 5.41) is 5.93. The van der Waals surface area contributed by atoms with Gasteiger partial charge in [0.15, 0.2) is 0 Å². The second-order valence-electron chi connectivity index (χ2n) is 5.50. The molecule has 2 N–H and O–H groups in total. The second-order valence-corrected chi connectivity index (χ2v) is 5.50. The molecule has 0 aromatic heterocycles. The van der Waals surface area contributed by atoms with Crippen LogP contribution in [0.5, 0.6) is 0 Å². The van der Waals surface area contributed by atoms with Crippen LogP contribution >= 0.6 is 0 Å². The van der Waals surface area contributed by atoms with Gasteiger partial charge in [0.05, 0.1) is 0 Å². The molecule has 0 spiro atoms. The van der Waals surface area contributed by atoms with Crippen molar-refractivity contribution in [3.05, 3.63) is 35.4 Å². The topological polar surface area (TPSA) is 61.4 Å². The van der Waals surface area contributed by atoms with Crippen molar-refractivity contribution in [2.24, 2.45) is 0 Å². The maximum absolute atomic E-state index is 12.0. The number of benzene rings is 1. The van der Waals surface area contributed by atoms with Gasteiger partial charge in [0.2, 0.25) is 5.91 Å². The maximum Gasteiger partial charge on any atom is 0.251 e. The Morgan fingerprint density at radius 3 is 2.48 bits per heavy atom. The third-order valence-electron chi connectivity index (χ3n) is 3.64. The zero-order valence-electron chi connectivity index (χ0n) is 12.7.